The summed E-state index contributed by atoms with van der Waals surface area (Å²) in [5.41, 5.74) is 4.11. The Labute approximate surface area is 158 Å². The number of para-hydroxylation sites is 2. The molecule has 28 heavy (non-hydrogen) atoms. The van der Waals surface area contributed by atoms with E-state index < -0.39 is 12.0 Å². The number of hydrogen-bond acceptors (Lipinski definition) is 1. The van der Waals surface area contributed by atoms with Crippen LogP contribution in [0.1, 0.15) is 11.4 Å². The molecule has 2 nitrogen and oxygen atoms in total. The van der Waals surface area contributed by atoms with Crippen molar-refractivity contribution in [1.29, 1.82) is 0 Å². The standard InChI is InChI=1S/C23H15F3N2/c1-14-8-2-3-9-15(14)20-17-11-5-7-13-19(17)28-21(20)16-10-4-6-12-18(16)27-22(28)23(24,25)26/h2-13H,1H3. The summed E-state index contributed by atoms with van der Waals surface area (Å²) in [5.74, 6) is -0.905. The third-order valence-corrected chi connectivity index (χ3v) is 5.14. The van der Waals surface area contributed by atoms with Gasteiger partial charge in [0.1, 0.15) is 0 Å². The molecule has 0 amide bonds. The lowest BCUT2D eigenvalue weighted by molar-refractivity contribution is -0.145. The molecule has 3 aromatic carbocycles. The Kier molecular flexibility index (Phi) is 3.50. The molecule has 0 unspecified atom stereocenters. The Balaban J connectivity index is 2.14. The van der Waals surface area contributed by atoms with Crippen molar-refractivity contribution >= 4 is 27.3 Å². The maximum Gasteiger partial charge on any atom is 0.450 e. The number of alkyl halides is 3. The van der Waals surface area contributed by atoms with E-state index in [9.17, 15) is 13.2 Å². The highest BCUT2D eigenvalue weighted by Crippen LogP contribution is 2.42. The molecule has 0 radical (unpaired) electrons. The van der Waals surface area contributed by atoms with Crippen LogP contribution in [0.25, 0.3) is 38.4 Å². The molecule has 138 valence electrons. The molecule has 0 saturated carbocycles. The van der Waals surface area contributed by atoms with Crippen molar-refractivity contribution in [3.05, 3.63) is 84.2 Å². The van der Waals surface area contributed by atoms with Gasteiger partial charge in [-0.2, -0.15) is 13.2 Å². The van der Waals surface area contributed by atoms with Crippen LogP contribution in [0.5, 0.6) is 0 Å². The van der Waals surface area contributed by atoms with Crippen LogP contribution in [0.2, 0.25) is 0 Å². The first kappa shape index (κ1) is 16.8. The summed E-state index contributed by atoms with van der Waals surface area (Å²) < 4.78 is 43.2. The second-order valence-electron chi connectivity index (χ2n) is 6.84. The zero-order chi connectivity index (χ0) is 19.5. The molecule has 0 saturated heterocycles. The summed E-state index contributed by atoms with van der Waals surface area (Å²) in [6.45, 7) is 1.97. The summed E-state index contributed by atoms with van der Waals surface area (Å²) in [7, 11) is 0. The summed E-state index contributed by atoms with van der Waals surface area (Å²) in [6.07, 6.45) is -4.58. The normalized spacial score (nSPS) is 12.3. The minimum Gasteiger partial charge on any atom is -0.289 e. The second-order valence-corrected chi connectivity index (χ2v) is 6.84. The van der Waals surface area contributed by atoms with E-state index in [0.717, 1.165) is 22.1 Å². The molecule has 0 N–H and O–H groups in total. The van der Waals surface area contributed by atoms with E-state index >= 15 is 0 Å². The average molecular weight is 376 g/mol. The van der Waals surface area contributed by atoms with E-state index in [0.29, 0.717) is 21.9 Å². The van der Waals surface area contributed by atoms with Gasteiger partial charge in [0.2, 0.25) is 5.82 Å². The summed E-state index contributed by atoms with van der Waals surface area (Å²) in [6, 6.07) is 22.0. The van der Waals surface area contributed by atoms with Crippen molar-refractivity contribution in [2.45, 2.75) is 13.1 Å². The number of aromatic nitrogens is 2. The predicted molar refractivity (Wildman–Crippen MR) is 105 cm³/mol. The van der Waals surface area contributed by atoms with E-state index in [1.54, 1.807) is 24.3 Å². The molecule has 0 aliphatic heterocycles. The second kappa shape index (κ2) is 5.83. The SMILES string of the molecule is Cc1ccccc1-c1c2ccccc2n2c(C(F)(F)F)nc3ccccc3c12. The van der Waals surface area contributed by atoms with Gasteiger partial charge in [-0.3, -0.25) is 4.40 Å². The minimum absolute atomic E-state index is 0.333. The number of aryl methyl sites for hydroxylation is 1. The Bertz CT molecular complexity index is 1360. The van der Waals surface area contributed by atoms with Crippen LogP contribution in [0.4, 0.5) is 13.2 Å². The van der Waals surface area contributed by atoms with Gasteiger partial charge in [-0.1, -0.05) is 60.7 Å². The third kappa shape index (κ3) is 2.32. The van der Waals surface area contributed by atoms with Crippen LogP contribution in [-0.2, 0) is 6.18 Å². The van der Waals surface area contributed by atoms with E-state index in [1.807, 2.05) is 55.5 Å². The van der Waals surface area contributed by atoms with Crippen molar-refractivity contribution in [2.24, 2.45) is 0 Å². The highest BCUT2D eigenvalue weighted by atomic mass is 19.4. The molecule has 0 atom stereocenters. The zero-order valence-electron chi connectivity index (χ0n) is 15.0. The molecule has 5 rings (SSSR count). The van der Waals surface area contributed by atoms with Gasteiger partial charge < -0.3 is 0 Å². The monoisotopic (exact) mass is 376 g/mol. The van der Waals surface area contributed by atoms with Crippen molar-refractivity contribution in [2.75, 3.05) is 0 Å². The van der Waals surface area contributed by atoms with Crippen molar-refractivity contribution in [1.82, 2.24) is 9.38 Å². The first-order valence-corrected chi connectivity index (χ1v) is 8.92. The van der Waals surface area contributed by atoms with E-state index in [4.69, 9.17) is 0 Å². The number of rotatable bonds is 1. The van der Waals surface area contributed by atoms with E-state index in [2.05, 4.69) is 4.98 Å². The smallest absolute Gasteiger partial charge is 0.289 e. The van der Waals surface area contributed by atoms with Gasteiger partial charge in [0.15, 0.2) is 0 Å². The van der Waals surface area contributed by atoms with Crippen molar-refractivity contribution in [3.8, 4) is 11.1 Å². The molecular formula is C23H15F3N2. The first-order chi connectivity index (χ1) is 13.5. The van der Waals surface area contributed by atoms with Gasteiger partial charge in [0.25, 0.3) is 0 Å². The van der Waals surface area contributed by atoms with Crippen molar-refractivity contribution in [3.63, 3.8) is 0 Å². The van der Waals surface area contributed by atoms with Crippen LogP contribution in [-0.4, -0.2) is 9.38 Å². The quantitative estimate of drug-likeness (QED) is 0.321. The van der Waals surface area contributed by atoms with Crippen LogP contribution in [0.3, 0.4) is 0 Å². The first-order valence-electron chi connectivity index (χ1n) is 8.92. The Morgan fingerprint density at radius 3 is 2.18 bits per heavy atom. The maximum atomic E-state index is 14.0. The van der Waals surface area contributed by atoms with Gasteiger partial charge in [-0.05, 0) is 30.2 Å². The van der Waals surface area contributed by atoms with Gasteiger partial charge in [0, 0.05) is 16.3 Å². The summed E-state index contributed by atoms with van der Waals surface area (Å²) in [5, 5.41) is 1.48. The van der Waals surface area contributed by atoms with Gasteiger partial charge >= 0.3 is 6.18 Å². The third-order valence-electron chi connectivity index (χ3n) is 5.14. The van der Waals surface area contributed by atoms with Gasteiger partial charge in [0.05, 0.1) is 16.6 Å². The molecule has 5 aromatic rings. The van der Waals surface area contributed by atoms with E-state index in [1.165, 1.54) is 4.40 Å². The molecule has 0 aliphatic rings. The lowest BCUT2D eigenvalue weighted by atomic mass is 9.97. The molecule has 0 bridgehead atoms. The number of nitrogens with zero attached hydrogens (tertiary/aromatic N) is 2. The Morgan fingerprint density at radius 2 is 1.43 bits per heavy atom. The Hall–Kier alpha value is -3.34. The topological polar surface area (TPSA) is 17.3 Å². The minimum atomic E-state index is -4.58. The fourth-order valence-electron chi connectivity index (χ4n) is 3.97. The summed E-state index contributed by atoms with van der Waals surface area (Å²) >= 11 is 0. The molecule has 0 spiro atoms. The fourth-order valence-corrected chi connectivity index (χ4v) is 3.97. The highest BCUT2D eigenvalue weighted by molar-refractivity contribution is 6.14. The number of benzene rings is 3. The molecule has 5 heteroatoms. The van der Waals surface area contributed by atoms with Gasteiger partial charge in [-0.15, -0.1) is 0 Å². The van der Waals surface area contributed by atoms with Crippen LogP contribution in [0.15, 0.2) is 72.8 Å². The molecule has 2 heterocycles. The van der Waals surface area contributed by atoms with Crippen LogP contribution in [0, 0.1) is 6.92 Å². The lowest BCUT2D eigenvalue weighted by Crippen LogP contribution is -2.14. The van der Waals surface area contributed by atoms with Crippen molar-refractivity contribution < 1.29 is 13.2 Å². The summed E-state index contributed by atoms with van der Waals surface area (Å²) in [4.78, 5) is 3.99. The van der Waals surface area contributed by atoms with Gasteiger partial charge in [-0.25, -0.2) is 4.98 Å². The Morgan fingerprint density at radius 1 is 0.786 bits per heavy atom. The van der Waals surface area contributed by atoms with E-state index in [-0.39, 0.29) is 0 Å². The van der Waals surface area contributed by atoms with Crippen LogP contribution < -0.4 is 0 Å². The maximum absolute atomic E-state index is 14.0. The van der Waals surface area contributed by atoms with Crippen LogP contribution >= 0.6 is 0 Å². The largest absolute Gasteiger partial charge is 0.450 e. The molecule has 0 fully saturated rings. The zero-order valence-corrected chi connectivity index (χ0v) is 15.0. The molecule has 0 aliphatic carbocycles. The average Bonchev–Trinajstić information content (AvgIpc) is 3.02. The lowest BCUT2D eigenvalue weighted by Gasteiger charge is -2.13. The predicted octanol–water partition coefficient (Wildman–Crippen LogP) is 6.63. The molecular weight excluding hydrogens is 361 g/mol. The number of hydrogen-bond donors (Lipinski definition) is 0. The highest BCUT2D eigenvalue weighted by Gasteiger charge is 2.37. The molecule has 2 aromatic heterocycles. The fraction of sp³-hybridized carbons (Fsp3) is 0.0870. The number of halogens is 3. The number of fused-ring (bicyclic) bond motifs is 5.